The van der Waals surface area contributed by atoms with Crippen LogP contribution >= 0.6 is 0 Å². The minimum Gasteiger partial charge on any atom is -0.508 e. The van der Waals surface area contributed by atoms with Crippen LogP contribution in [0.1, 0.15) is 49.9 Å². The Balaban J connectivity index is 2.44. The molecule has 0 atom stereocenters. The summed E-state index contributed by atoms with van der Waals surface area (Å²) in [5, 5.41) is 10.4. The second-order valence-corrected chi connectivity index (χ2v) is 7.06. The van der Waals surface area contributed by atoms with Crippen molar-refractivity contribution in [2.24, 2.45) is 11.8 Å². The Labute approximate surface area is 135 Å². The van der Waals surface area contributed by atoms with Crippen LogP contribution in [-0.4, -0.2) is 5.11 Å². The van der Waals surface area contributed by atoms with Crippen molar-refractivity contribution < 1.29 is 5.11 Å². The molecule has 0 heterocycles. The standard InChI is InChI=1S/C21H28O/c1-15(2)12-18-10-11-21(22)20(19(18)13-16(3)4)14-17-8-6-5-7-9-17/h5-11,15-16,22H,12-14H2,1-4H3. The van der Waals surface area contributed by atoms with E-state index in [1.54, 1.807) is 0 Å². The highest BCUT2D eigenvalue weighted by molar-refractivity contribution is 5.47. The fourth-order valence-corrected chi connectivity index (χ4v) is 3.02. The van der Waals surface area contributed by atoms with Crippen LogP contribution in [0.3, 0.4) is 0 Å². The number of aromatic hydroxyl groups is 1. The molecule has 1 nitrogen and oxygen atoms in total. The summed E-state index contributed by atoms with van der Waals surface area (Å²) in [7, 11) is 0. The van der Waals surface area contributed by atoms with Crippen LogP contribution in [0.5, 0.6) is 5.75 Å². The quantitative estimate of drug-likeness (QED) is 0.758. The molecule has 2 aromatic rings. The number of rotatable bonds is 6. The molecule has 0 aliphatic rings. The predicted octanol–water partition coefficient (Wildman–Crippen LogP) is 5.38. The number of benzene rings is 2. The Hall–Kier alpha value is -1.76. The third-order valence-electron chi connectivity index (χ3n) is 3.97. The monoisotopic (exact) mass is 296 g/mol. The Morgan fingerprint density at radius 1 is 0.773 bits per heavy atom. The van der Waals surface area contributed by atoms with E-state index in [2.05, 4.69) is 58.0 Å². The predicted molar refractivity (Wildman–Crippen MR) is 94.4 cm³/mol. The van der Waals surface area contributed by atoms with Gasteiger partial charge in [0.15, 0.2) is 0 Å². The molecule has 1 heteroatoms. The molecule has 0 bridgehead atoms. The first-order chi connectivity index (χ1) is 10.5. The molecule has 0 spiro atoms. The van der Waals surface area contributed by atoms with Gasteiger partial charge in [-0.3, -0.25) is 0 Å². The number of hydrogen-bond donors (Lipinski definition) is 1. The van der Waals surface area contributed by atoms with E-state index in [0.29, 0.717) is 17.6 Å². The Kier molecular flexibility index (Phi) is 5.65. The van der Waals surface area contributed by atoms with Gasteiger partial charge in [-0.1, -0.05) is 64.1 Å². The second kappa shape index (κ2) is 7.49. The third kappa shape index (κ3) is 4.37. The first-order valence-corrected chi connectivity index (χ1v) is 8.34. The Morgan fingerprint density at radius 2 is 1.41 bits per heavy atom. The highest BCUT2D eigenvalue weighted by Crippen LogP contribution is 2.30. The summed E-state index contributed by atoms with van der Waals surface area (Å²) in [6.45, 7) is 9.00. The minimum atomic E-state index is 0.437. The molecule has 118 valence electrons. The molecule has 0 saturated carbocycles. The fourth-order valence-electron chi connectivity index (χ4n) is 3.02. The molecular weight excluding hydrogens is 268 g/mol. The van der Waals surface area contributed by atoms with Gasteiger partial charge in [0.2, 0.25) is 0 Å². The van der Waals surface area contributed by atoms with Crippen LogP contribution in [0.4, 0.5) is 0 Å². The zero-order chi connectivity index (χ0) is 16.1. The van der Waals surface area contributed by atoms with E-state index in [-0.39, 0.29) is 0 Å². The zero-order valence-corrected chi connectivity index (χ0v) is 14.3. The lowest BCUT2D eigenvalue weighted by Crippen LogP contribution is -2.07. The van der Waals surface area contributed by atoms with Crippen LogP contribution in [-0.2, 0) is 19.3 Å². The summed E-state index contributed by atoms with van der Waals surface area (Å²) in [5.41, 5.74) is 5.11. The molecular formula is C21H28O. The molecule has 0 aliphatic heterocycles. The van der Waals surface area contributed by atoms with Crippen molar-refractivity contribution in [3.05, 3.63) is 64.7 Å². The van der Waals surface area contributed by atoms with E-state index in [1.165, 1.54) is 16.7 Å². The molecule has 2 aromatic carbocycles. The average molecular weight is 296 g/mol. The van der Waals surface area contributed by atoms with Crippen LogP contribution < -0.4 is 0 Å². The van der Waals surface area contributed by atoms with Gasteiger partial charge >= 0.3 is 0 Å². The largest absolute Gasteiger partial charge is 0.508 e. The normalized spacial score (nSPS) is 11.4. The highest BCUT2D eigenvalue weighted by atomic mass is 16.3. The zero-order valence-electron chi connectivity index (χ0n) is 14.3. The minimum absolute atomic E-state index is 0.437. The van der Waals surface area contributed by atoms with Crippen molar-refractivity contribution >= 4 is 0 Å². The van der Waals surface area contributed by atoms with Gasteiger partial charge in [0, 0.05) is 12.0 Å². The number of hydrogen-bond acceptors (Lipinski definition) is 1. The molecule has 2 rings (SSSR count). The van der Waals surface area contributed by atoms with E-state index in [9.17, 15) is 5.11 Å². The molecule has 0 fully saturated rings. The van der Waals surface area contributed by atoms with Crippen molar-refractivity contribution in [1.82, 2.24) is 0 Å². The van der Waals surface area contributed by atoms with Crippen molar-refractivity contribution in [2.75, 3.05) is 0 Å². The number of phenolic OH excluding ortho intramolecular Hbond substituents is 1. The van der Waals surface area contributed by atoms with Gasteiger partial charge in [-0.15, -0.1) is 0 Å². The number of phenols is 1. The molecule has 0 aromatic heterocycles. The first-order valence-electron chi connectivity index (χ1n) is 8.34. The SMILES string of the molecule is CC(C)Cc1ccc(O)c(Cc2ccccc2)c1CC(C)C. The summed E-state index contributed by atoms with van der Waals surface area (Å²) >= 11 is 0. The Morgan fingerprint density at radius 3 is 2.00 bits per heavy atom. The van der Waals surface area contributed by atoms with Gasteiger partial charge in [0.1, 0.15) is 5.75 Å². The molecule has 1 N–H and O–H groups in total. The smallest absolute Gasteiger partial charge is 0.119 e. The second-order valence-electron chi connectivity index (χ2n) is 7.06. The maximum absolute atomic E-state index is 10.4. The molecule has 0 aliphatic carbocycles. The molecule has 0 radical (unpaired) electrons. The van der Waals surface area contributed by atoms with Gasteiger partial charge in [-0.05, 0) is 47.4 Å². The van der Waals surface area contributed by atoms with Crippen LogP contribution in [0, 0.1) is 11.8 Å². The van der Waals surface area contributed by atoms with E-state index in [0.717, 1.165) is 24.8 Å². The maximum Gasteiger partial charge on any atom is 0.119 e. The highest BCUT2D eigenvalue weighted by Gasteiger charge is 2.15. The molecule has 22 heavy (non-hydrogen) atoms. The average Bonchev–Trinajstić information content (AvgIpc) is 2.46. The first kappa shape index (κ1) is 16.6. The van der Waals surface area contributed by atoms with Crippen molar-refractivity contribution in [3.63, 3.8) is 0 Å². The summed E-state index contributed by atoms with van der Waals surface area (Å²) in [6.07, 6.45) is 2.91. The van der Waals surface area contributed by atoms with Gasteiger partial charge in [-0.2, -0.15) is 0 Å². The van der Waals surface area contributed by atoms with Crippen molar-refractivity contribution in [2.45, 2.75) is 47.0 Å². The molecule has 0 saturated heterocycles. The van der Waals surface area contributed by atoms with Gasteiger partial charge in [0.05, 0.1) is 0 Å². The summed E-state index contributed by atoms with van der Waals surface area (Å²) < 4.78 is 0. The lowest BCUT2D eigenvalue weighted by atomic mass is 9.86. The van der Waals surface area contributed by atoms with E-state index < -0.39 is 0 Å². The maximum atomic E-state index is 10.4. The van der Waals surface area contributed by atoms with Gasteiger partial charge < -0.3 is 5.11 Å². The van der Waals surface area contributed by atoms with E-state index in [4.69, 9.17) is 0 Å². The Bertz CT molecular complexity index is 597. The summed E-state index contributed by atoms with van der Waals surface area (Å²) in [5.74, 6) is 1.65. The lowest BCUT2D eigenvalue weighted by molar-refractivity contribution is 0.466. The third-order valence-corrected chi connectivity index (χ3v) is 3.97. The van der Waals surface area contributed by atoms with Crippen molar-refractivity contribution in [1.29, 1.82) is 0 Å². The molecule has 0 amide bonds. The van der Waals surface area contributed by atoms with Gasteiger partial charge in [-0.25, -0.2) is 0 Å². The van der Waals surface area contributed by atoms with E-state index >= 15 is 0 Å². The van der Waals surface area contributed by atoms with Crippen LogP contribution in [0.15, 0.2) is 42.5 Å². The summed E-state index contributed by atoms with van der Waals surface area (Å²) in [4.78, 5) is 0. The van der Waals surface area contributed by atoms with Crippen LogP contribution in [0.2, 0.25) is 0 Å². The summed E-state index contributed by atoms with van der Waals surface area (Å²) in [6, 6.07) is 14.4. The van der Waals surface area contributed by atoms with Crippen LogP contribution in [0.25, 0.3) is 0 Å². The fraction of sp³-hybridized carbons (Fsp3) is 0.429. The van der Waals surface area contributed by atoms with E-state index in [1.807, 2.05) is 12.1 Å². The molecule has 0 unspecified atom stereocenters. The lowest BCUT2D eigenvalue weighted by Gasteiger charge is -2.19. The topological polar surface area (TPSA) is 20.2 Å². The van der Waals surface area contributed by atoms with Crippen molar-refractivity contribution in [3.8, 4) is 5.75 Å². The van der Waals surface area contributed by atoms with Gasteiger partial charge in [0.25, 0.3) is 0 Å².